The molecule has 0 amide bonds. The molecular weight excluding hydrogens is 294 g/mol. The van der Waals surface area contributed by atoms with Gasteiger partial charge in [0.2, 0.25) is 0 Å². The first-order valence-electron chi connectivity index (χ1n) is 6.47. The molecule has 0 aliphatic rings. The number of aryl methyl sites for hydroxylation is 1. The first-order chi connectivity index (χ1) is 9.67. The van der Waals surface area contributed by atoms with Crippen molar-refractivity contribution in [2.24, 2.45) is 0 Å². The normalized spacial score (nSPS) is 12.5. The maximum absolute atomic E-state index is 10.8. The molecule has 7 heteroatoms. The molecule has 1 atom stereocenters. The molecule has 0 spiro atoms. The summed E-state index contributed by atoms with van der Waals surface area (Å²) in [6.07, 6.45) is 5.40. The fraction of sp³-hybridized carbons (Fsp3) is 0.462. The van der Waals surface area contributed by atoms with Crippen LogP contribution in [0, 0.1) is 0 Å². The highest BCUT2D eigenvalue weighted by Crippen LogP contribution is 2.31. The summed E-state index contributed by atoms with van der Waals surface area (Å²) in [7, 11) is 0. The number of hydrogen-bond acceptors (Lipinski definition) is 5. The number of carbonyl (C=O) groups is 1. The monoisotopic (exact) mass is 311 g/mol. The zero-order valence-corrected chi connectivity index (χ0v) is 13.1. The summed E-state index contributed by atoms with van der Waals surface area (Å²) in [5.74, 6) is -0.807. The van der Waals surface area contributed by atoms with Gasteiger partial charge in [0.1, 0.15) is 5.01 Å². The quantitative estimate of drug-likeness (QED) is 0.796. The maximum Gasteiger partial charge on any atom is 0.313 e. The van der Waals surface area contributed by atoms with Crippen molar-refractivity contribution in [3.05, 3.63) is 28.5 Å². The number of rotatable bonds is 7. The first-order valence-corrected chi connectivity index (χ1v) is 8.33. The highest BCUT2D eigenvalue weighted by molar-refractivity contribution is 7.99. The van der Waals surface area contributed by atoms with Crippen LogP contribution in [-0.4, -0.2) is 31.4 Å². The van der Waals surface area contributed by atoms with Crippen LogP contribution in [0.5, 0.6) is 0 Å². The number of carboxylic acids is 1. The van der Waals surface area contributed by atoms with Crippen LogP contribution >= 0.6 is 23.1 Å². The van der Waals surface area contributed by atoms with Crippen LogP contribution < -0.4 is 0 Å². The minimum Gasteiger partial charge on any atom is -0.481 e. The second-order valence-corrected chi connectivity index (χ2v) is 6.10. The lowest BCUT2D eigenvalue weighted by Gasteiger charge is -2.19. The van der Waals surface area contributed by atoms with Crippen molar-refractivity contribution >= 4 is 29.1 Å². The average Bonchev–Trinajstić information content (AvgIpc) is 3.07. The van der Waals surface area contributed by atoms with Gasteiger partial charge in [-0.3, -0.25) is 4.79 Å². The van der Waals surface area contributed by atoms with Gasteiger partial charge in [0.15, 0.2) is 5.16 Å². The molecule has 0 radical (unpaired) electrons. The number of aromatic nitrogens is 3. The van der Waals surface area contributed by atoms with Gasteiger partial charge in [-0.25, -0.2) is 9.97 Å². The third kappa shape index (κ3) is 3.21. The summed E-state index contributed by atoms with van der Waals surface area (Å²) in [6, 6.07) is 0.128. The Morgan fingerprint density at radius 2 is 2.30 bits per heavy atom. The second kappa shape index (κ2) is 6.90. The van der Waals surface area contributed by atoms with E-state index in [4.69, 9.17) is 5.11 Å². The molecule has 2 aromatic heterocycles. The number of nitrogens with zero attached hydrogens (tertiary/aromatic N) is 3. The largest absolute Gasteiger partial charge is 0.481 e. The van der Waals surface area contributed by atoms with Gasteiger partial charge in [0.05, 0.1) is 11.8 Å². The van der Waals surface area contributed by atoms with Crippen molar-refractivity contribution in [1.82, 2.24) is 14.5 Å². The van der Waals surface area contributed by atoms with Gasteiger partial charge in [-0.05, 0) is 12.8 Å². The van der Waals surface area contributed by atoms with Crippen LogP contribution in [0.3, 0.4) is 0 Å². The van der Waals surface area contributed by atoms with Crippen LogP contribution in [0.4, 0.5) is 0 Å². The van der Waals surface area contributed by atoms with Gasteiger partial charge in [-0.1, -0.05) is 25.6 Å². The molecule has 0 aliphatic carbocycles. The SMILES string of the molecule is CCc1cnc(SCC(=O)O)n1C(CC)c1nccs1. The van der Waals surface area contributed by atoms with E-state index < -0.39 is 5.97 Å². The van der Waals surface area contributed by atoms with Crippen LogP contribution in [0.15, 0.2) is 22.9 Å². The number of imidazole rings is 1. The van der Waals surface area contributed by atoms with Gasteiger partial charge in [0, 0.05) is 23.5 Å². The molecule has 0 fully saturated rings. The zero-order chi connectivity index (χ0) is 14.5. The number of thioether (sulfide) groups is 1. The van der Waals surface area contributed by atoms with E-state index in [1.165, 1.54) is 11.8 Å². The molecule has 2 heterocycles. The standard InChI is InChI=1S/C13H17N3O2S2/c1-3-9-7-15-13(20-8-11(17)18)16(9)10(4-2)12-14-5-6-19-12/h5-7,10H,3-4,8H2,1-2H3,(H,17,18). The number of hydrogen-bond donors (Lipinski definition) is 1. The molecule has 2 aromatic rings. The molecule has 0 aromatic carbocycles. The Morgan fingerprint density at radius 1 is 1.50 bits per heavy atom. The van der Waals surface area contributed by atoms with Crippen LogP contribution in [-0.2, 0) is 11.2 Å². The zero-order valence-electron chi connectivity index (χ0n) is 11.4. The van der Waals surface area contributed by atoms with Crippen molar-refractivity contribution in [1.29, 1.82) is 0 Å². The molecule has 0 saturated carbocycles. The van der Waals surface area contributed by atoms with E-state index in [0.29, 0.717) is 0 Å². The smallest absolute Gasteiger partial charge is 0.313 e. The summed E-state index contributed by atoms with van der Waals surface area (Å²) in [5.41, 5.74) is 1.11. The second-order valence-electron chi connectivity index (χ2n) is 4.23. The predicted octanol–water partition coefficient (Wildman–Crippen LogP) is 3.08. The molecular formula is C13H17N3O2S2. The molecule has 0 bridgehead atoms. The summed E-state index contributed by atoms with van der Waals surface area (Å²) >= 11 is 2.88. The minimum absolute atomic E-state index is 0.0223. The topological polar surface area (TPSA) is 68.0 Å². The number of aliphatic carboxylic acids is 1. The third-order valence-corrected chi connectivity index (χ3v) is 4.79. The fourth-order valence-corrected chi connectivity index (χ4v) is 3.65. The molecule has 1 unspecified atom stereocenters. The van der Waals surface area contributed by atoms with Crippen molar-refractivity contribution in [2.45, 2.75) is 37.9 Å². The lowest BCUT2D eigenvalue weighted by atomic mass is 10.2. The summed E-state index contributed by atoms with van der Waals surface area (Å²) in [6.45, 7) is 4.19. The van der Waals surface area contributed by atoms with Gasteiger partial charge >= 0.3 is 5.97 Å². The Bertz CT molecular complexity index is 566. The van der Waals surface area contributed by atoms with E-state index in [1.807, 2.05) is 11.6 Å². The minimum atomic E-state index is -0.829. The summed E-state index contributed by atoms with van der Waals surface area (Å²) in [4.78, 5) is 19.5. The van der Waals surface area contributed by atoms with E-state index in [-0.39, 0.29) is 11.8 Å². The van der Waals surface area contributed by atoms with E-state index in [0.717, 1.165) is 28.7 Å². The highest BCUT2D eigenvalue weighted by Gasteiger charge is 2.21. The first kappa shape index (κ1) is 15.1. The van der Waals surface area contributed by atoms with Crippen molar-refractivity contribution in [3.8, 4) is 0 Å². The maximum atomic E-state index is 10.8. The Kier molecular flexibility index (Phi) is 5.19. The van der Waals surface area contributed by atoms with Gasteiger partial charge < -0.3 is 9.67 Å². The summed E-state index contributed by atoms with van der Waals surface area (Å²) < 4.78 is 2.13. The van der Waals surface area contributed by atoms with Crippen molar-refractivity contribution in [3.63, 3.8) is 0 Å². The lowest BCUT2D eigenvalue weighted by molar-refractivity contribution is -0.133. The van der Waals surface area contributed by atoms with Crippen molar-refractivity contribution in [2.75, 3.05) is 5.75 Å². The van der Waals surface area contributed by atoms with Crippen LogP contribution in [0.25, 0.3) is 0 Å². The average molecular weight is 311 g/mol. The summed E-state index contributed by atoms with van der Waals surface area (Å²) in [5, 5.41) is 12.6. The highest BCUT2D eigenvalue weighted by atomic mass is 32.2. The third-order valence-electron chi connectivity index (χ3n) is 2.96. The van der Waals surface area contributed by atoms with E-state index in [2.05, 4.69) is 28.4 Å². The fourth-order valence-electron chi connectivity index (χ4n) is 2.07. The lowest BCUT2D eigenvalue weighted by Crippen LogP contribution is -2.14. The molecule has 2 rings (SSSR count). The van der Waals surface area contributed by atoms with Gasteiger partial charge in [-0.15, -0.1) is 11.3 Å². The van der Waals surface area contributed by atoms with Gasteiger partial charge in [0.25, 0.3) is 0 Å². The Labute approximate surface area is 126 Å². The van der Waals surface area contributed by atoms with E-state index in [1.54, 1.807) is 17.5 Å². The molecule has 0 saturated heterocycles. The van der Waals surface area contributed by atoms with Crippen LogP contribution in [0.2, 0.25) is 0 Å². The number of thiazole rings is 1. The Balaban J connectivity index is 2.36. The van der Waals surface area contributed by atoms with Crippen LogP contribution in [0.1, 0.15) is 37.0 Å². The van der Waals surface area contributed by atoms with Crippen molar-refractivity contribution < 1.29 is 9.90 Å². The van der Waals surface area contributed by atoms with Gasteiger partial charge in [-0.2, -0.15) is 0 Å². The Hall–Kier alpha value is -1.34. The molecule has 0 aliphatic heterocycles. The molecule has 20 heavy (non-hydrogen) atoms. The molecule has 1 N–H and O–H groups in total. The molecule has 108 valence electrons. The molecule has 5 nitrogen and oxygen atoms in total. The van der Waals surface area contributed by atoms with E-state index in [9.17, 15) is 4.79 Å². The van der Waals surface area contributed by atoms with E-state index >= 15 is 0 Å². The number of carboxylic acid groups (broad SMARTS) is 1. The Morgan fingerprint density at radius 3 is 2.85 bits per heavy atom. The predicted molar refractivity (Wildman–Crippen MR) is 80.5 cm³/mol.